The van der Waals surface area contributed by atoms with Crippen molar-refractivity contribution in [3.8, 4) is 17.2 Å². The molecule has 0 spiro atoms. The lowest BCUT2D eigenvalue weighted by atomic mass is 10.2. The minimum absolute atomic E-state index is 0.688. The summed E-state index contributed by atoms with van der Waals surface area (Å²) in [7, 11) is 0. The van der Waals surface area contributed by atoms with E-state index in [2.05, 4.69) is 26.9 Å². The Bertz CT molecular complexity index is 1220. The Morgan fingerprint density at radius 3 is 2.64 bits per heavy atom. The summed E-state index contributed by atoms with van der Waals surface area (Å²) in [5.41, 5.74) is 4.72. The number of aromatic nitrogens is 4. The molecular weight excluding hydrogens is 332 g/mol. The molecule has 3 aromatic carbocycles. The number of H-pyrrole nitrogens is 1. The quantitative estimate of drug-likeness (QED) is 0.477. The molecule has 5 aromatic rings. The molecule has 2 aromatic heterocycles. The molecule has 5 rings (SSSR count). The van der Waals surface area contributed by atoms with E-state index in [4.69, 9.17) is 16.6 Å². The minimum Gasteiger partial charge on any atom is -0.291 e. The molecule has 0 amide bonds. The number of nitrogens with zero attached hydrogens (tertiary/aromatic N) is 3. The first-order valence-corrected chi connectivity index (χ1v) is 8.36. The monoisotopic (exact) mass is 344 g/mol. The summed E-state index contributed by atoms with van der Waals surface area (Å²) >= 11 is 6.23. The molecule has 5 heteroatoms. The normalized spacial score (nSPS) is 11.4. The van der Waals surface area contributed by atoms with Crippen LogP contribution < -0.4 is 0 Å². The Morgan fingerprint density at radius 1 is 0.880 bits per heavy atom. The molecule has 0 aliphatic carbocycles. The molecule has 4 nitrogen and oxygen atoms in total. The first kappa shape index (κ1) is 14.3. The van der Waals surface area contributed by atoms with Crippen molar-refractivity contribution >= 4 is 33.5 Å². The van der Waals surface area contributed by atoms with Crippen LogP contribution >= 0.6 is 11.6 Å². The van der Waals surface area contributed by atoms with Gasteiger partial charge in [0.05, 0.1) is 16.6 Å². The van der Waals surface area contributed by atoms with Gasteiger partial charge in [-0.2, -0.15) is 5.10 Å². The first-order valence-electron chi connectivity index (χ1n) is 7.98. The second-order valence-corrected chi connectivity index (χ2v) is 6.29. The fourth-order valence-corrected chi connectivity index (χ4v) is 3.38. The van der Waals surface area contributed by atoms with Crippen molar-refractivity contribution < 1.29 is 0 Å². The Balaban J connectivity index is 1.88. The highest BCUT2D eigenvalue weighted by Crippen LogP contribution is 2.32. The summed E-state index contributed by atoms with van der Waals surface area (Å²) in [5.74, 6) is 0.793. The van der Waals surface area contributed by atoms with E-state index in [0.29, 0.717) is 5.02 Å². The van der Waals surface area contributed by atoms with Gasteiger partial charge in [0.15, 0.2) is 5.82 Å². The lowest BCUT2D eigenvalue weighted by molar-refractivity contribution is 1.05. The van der Waals surface area contributed by atoms with Gasteiger partial charge in [-0.1, -0.05) is 48.0 Å². The van der Waals surface area contributed by atoms with Crippen LogP contribution in [0.25, 0.3) is 39.1 Å². The second kappa shape index (κ2) is 5.46. The number of halogens is 1. The number of benzene rings is 3. The van der Waals surface area contributed by atoms with E-state index in [1.807, 2.05) is 60.7 Å². The zero-order valence-electron chi connectivity index (χ0n) is 13.1. The van der Waals surface area contributed by atoms with Gasteiger partial charge in [0.1, 0.15) is 5.69 Å². The third-order valence-corrected chi connectivity index (χ3v) is 4.54. The van der Waals surface area contributed by atoms with Gasteiger partial charge in [-0.25, -0.2) is 4.98 Å². The molecular formula is C20H13ClN4. The second-order valence-electron chi connectivity index (χ2n) is 5.86. The van der Waals surface area contributed by atoms with Crippen LogP contribution in [0.3, 0.4) is 0 Å². The predicted octanol–water partition coefficient (Wildman–Crippen LogP) is 5.22. The van der Waals surface area contributed by atoms with Crippen LogP contribution in [0.2, 0.25) is 5.02 Å². The fraction of sp³-hybridized carbons (Fsp3) is 0. The van der Waals surface area contributed by atoms with E-state index in [9.17, 15) is 0 Å². The number of fused-ring (bicyclic) bond motifs is 2. The molecule has 0 saturated carbocycles. The van der Waals surface area contributed by atoms with E-state index < -0.39 is 0 Å². The predicted molar refractivity (Wildman–Crippen MR) is 101 cm³/mol. The van der Waals surface area contributed by atoms with Crippen LogP contribution in [0.1, 0.15) is 0 Å². The third-order valence-electron chi connectivity index (χ3n) is 4.31. The molecule has 0 fully saturated rings. The molecule has 1 N–H and O–H groups in total. The van der Waals surface area contributed by atoms with Gasteiger partial charge in [-0.15, -0.1) is 0 Å². The summed E-state index contributed by atoms with van der Waals surface area (Å²) in [6.07, 6.45) is 0. The maximum absolute atomic E-state index is 6.23. The molecule has 2 heterocycles. The summed E-state index contributed by atoms with van der Waals surface area (Å²) < 4.78 is 2.10. The largest absolute Gasteiger partial charge is 0.291 e. The first-order chi connectivity index (χ1) is 12.3. The van der Waals surface area contributed by atoms with Crippen LogP contribution in [0, 0.1) is 0 Å². The highest BCUT2D eigenvalue weighted by molar-refractivity contribution is 6.30. The van der Waals surface area contributed by atoms with Gasteiger partial charge in [0.25, 0.3) is 0 Å². The Hall–Kier alpha value is -3.11. The zero-order valence-corrected chi connectivity index (χ0v) is 13.9. The number of aromatic amines is 1. The number of nitrogens with one attached hydrogen (secondary N) is 1. The van der Waals surface area contributed by atoms with Gasteiger partial charge in [0.2, 0.25) is 0 Å². The number of para-hydroxylation sites is 3. The number of hydrogen-bond acceptors (Lipinski definition) is 2. The average Bonchev–Trinajstić information content (AvgIpc) is 3.23. The van der Waals surface area contributed by atoms with Crippen LogP contribution in [0.4, 0.5) is 0 Å². The van der Waals surface area contributed by atoms with Gasteiger partial charge in [-0.3, -0.25) is 9.67 Å². The molecule has 0 bridgehead atoms. The molecule has 0 aliphatic rings. The maximum atomic E-state index is 6.23. The van der Waals surface area contributed by atoms with Crippen molar-refractivity contribution in [3.05, 3.63) is 77.8 Å². The van der Waals surface area contributed by atoms with E-state index in [1.165, 1.54) is 0 Å². The van der Waals surface area contributed by atoms with Crippen molar-refractivity contribution in [1.82, 2.24) is 19.7 Å². The summed E-state index contributed by atoms with van der Waals surface area (Å²) in [5, 5.41) is 9.35. The Kier molecular flexibility index (Phi) is 3.11. The number of hydrogen-bond donors (Lipinski definition) is 1. The van der Waals surface area contributed by atoms with Crippen molar-refractivity contribution in [2.45, 2.75) is 0 Å². The van der Waals surface area contributed by atoms with E-state index >= 15 is 0 Å². The van der Waals surface area contributed by atoms with Crippen molar-refractivity contribution in [3.63, 3.8) is 0 Å². The minimum atomic E-state index is 0.688. The van der Waals surface area contributed by atoms with Gasteiger partial charge in [-0.05, 0) is 36.4 Å². The highest BCUT2D eigenvalue weighted by Gasteiger charge is 2.18. The van der Waals surface area contributed by atoms with Gasteiger partial charge in [0, 0.05) is 16.1 Å². The fourth-order valence-electron chi connectivity index (χ4n) is 3.20. The van der Waals surface area contributed by atoms with Gasteiger partial charge >= 0.3 is 0 Å². The maximum Gasteiger partial charge on any atom is 0.166 e. The lowest BCUT2D eigenvalue weighted by Gasteiger charge is -2.08. The SMILES string of the molecule is Clc1cccc(-n2c(-c3n[nH]c4ccccc34)nc3ccccc32)c1. The molecule has 0 radical (unpaired) electrons. The summed E-state index contributed by atoms with van der Waals surface area (Å²) in [4.78, 5) is 4.85. The molecule has 0 atom stereocenters. The van der Waals surface area contributed by atoms with Crippen LogP contribution in [-0.2, 0) is 0 Å². The number of rotatable bonds is 2. The molecule has 25 heavy (non-hydrogen) atoms. The summed E-state index contributed by atoms with van der Waals surface area (Å²) in [6, 6.07) is 23.9. The molecule has 0 saturated heterocycles. The van der Waals surface area contributed by atoms with E-state index in [1.54, 1.807) is 0 Å². The third kappa shape index (κ3) is 2.22. The van der Waals surface area contributed by atoms with Crippen molar-refractivity contribution in [2.24, 2.45) is 0 Å². The zero-order chi connectivity index (χ0) is 16.8. The van der Waals surface area contributed by atoms with E-state index in [0.717, 1.165) is 39.1 Å². The van der Waals surface area contributed by atoms with Crippen LogP contribution in [-0.4, -0.2) is 19.7 Å². The smallest absolute Gasteiger partial charge is 0.166 e. The standard InChI is InChI=1S/C20H13ClN4/c21-13-6-5-7-14(12-13)25-18-11-4-3-10-17(18)22-20(25)19-15-8-1-2-9-16(15)23-24-19/h1-12H,(H,23,24). The van der Waals surface area contributed by atoms with Crippen molar-refractivity contribution in [1.29, 1.82) is 0 Å². The molecule has 120 valence electrons. The average molecular weight is 345 g/mol. The van der Waals surface area contributed by atoms with Gasteiger partial charge < -0.3 is 0 Å². The van der Waals surface area contributed by atoms with Crippen LogP contribution in [0.5, 0.6) is 0 Å². The van der Waals surface area contributed by atoms with E-state index in [-0.39, 0.29) is 0 Å². The Morgan fingerprint density at radius 2 is 1.72 bits per heavy atom. The summed E-state index contributed by atoms with van der Waals surface area (Å²) in [6.45, 7) is 0. The topological polar surface area (TPSA) is 46.5 Å². The highest BCUT2D eigenvalue weighted by atomic mass is 35.5. The Labute approximate surface area is 148 Å². The lowest BCUT2D eigenvalue weighted by Crippen LogP contribution is -1.98. The molecule has 0 aliphatic heterocycles. The molecule has 0 unspecified atom stereocenters. The van der Waals surface area contributed by atoms with Crippen molar-refractivity contribution in [2.75, 3.05) is 0 Å². The number of imidazole rings is 1. The van der Waals surface area contributed by atoms with Crippen LogP contribution in [0.15, 0.2) is 72.8 Å².